The van der Waals surface area contributed by atoms with Crippen LogP contribution >= 0.6 is 0 Å². The molecule has 110 valence electrons. The van der Waals surface area contributed by atoms with Crippen LogP contribution in [-0.2, 0) is 9.53 Å². The Balaban J connectivity index is 2.96. The minimum absolute atomic E-state index is 0.0935. The average molecular weight is 279 g/mol. The van der Waals surface area contributed by atoms with Crippen LogP contribution in [-0.4, -0.2) is 35.0 Å². The second-order valence-corrected chi connectivity index (χ2v) is 5.60. The predicted molar refractivity (Wildman–Crippen MR) is 75.5 cm³/mol. The lowest BCUT2D eigenvalue weighted by Crippen LogP contribution is -2.36. The maximum Gasteiger partial charge on any atom is 0.410 e. The third-order valence-electron chi connectivity index (χ3n) is 2.72. The number of aromatic hydroxyl groups is 1. The van der Waals surface area contributed by atoms with Gasteiger partial charge in [-0.15, -0.1) is 0 Å². The summed E-state index contributed by atoms with van der Waals surface area (Å²) in [6.07, 6.45) is 0.377. The predicted octanol–water partition coefficient (Wildman–Crippen LogP) is 2.89. The van der Waals surface area contributed by atoms with E-state index in [9.17, 15) is 14.7 Å². The lowest BCUT2D eigenvalue weighted by molar-refractivity contribution is -0.108. The molecule has 5 nitrogen and oxygen atoms in total. The van der Waals surface area contributed by atoms with Gasteiger partial charge in [-0.05, 0) is 38.5 Å². The van der Waals surface area contributed by atoms with Crippen molar-refractivity contribution in [3.05, 3.63) is 29.8 Å². The van der Waals surface area contributed by atoms with E-state index in [4.69, 9.17) is 4.74 Å². The lowest BCUT2D eigenvalue weighted by atomic mass is 10.0. The van der Waals surface area contributed by atoms with Crippen LogP contribution in [0.1, 0.15) is 38.8 Å². The summed E-state index contributed by atoms with van der Waals surface area (Å²) in [6.45, 7) is 5.34. The second-order valence-electron chi connectivity index (χ2n) is 5.60. The summed E-state index contributed by atoms with van der Waals surface area (Å²) in [5.41, 5.74) is 0.0843. The van der Waals surface area contributed by atoms with E-state index in [-0.39, 0.29) is 12.2 Å². The largest absolute Gasteiger partial charge is 0.508 e. The number of carbonyl (C=O) groups is 2. The number of phenolic OH excluding ortho intramolecular Hbond substituents is 1. The molecule has 0 saturated carbocycles. The van der Waals surface area contributed by atoms with Crippen molar-refractivity contribution in [2.24, 2.45) is 0 Å². The Morgan fingerprint density at radius 3 is 2.60 bits per heavy atom. The van der Waals surface area contributed by atoms with Crippen molar-refractivity contribution in [2.75, 3.05) is 7.05 Å². The van der Waals surface area contributed by atoms with E-state index in [2.05, 4.69) is 0 Å². The van der Waals surface area contributed by atoms with E-state index in [0.29, 0.717) is 5.56 Å². The van der Waals surface area contributed by atoms with Gasteiger partial charge in [0.05, 0.1) is 6.04 Å². The Kier molecular flexibility index (Phi) is 5.13. The van der Waals surface area contributed by atoms with Crippen LogP contribution < -0.4 is 0 Å². The van der Waals surface area contributed by atoms with Crippen LogP contribution in [0.2, 0.25) is 0 Å². The second kappa shape index (κ2) is 6.41. The number of aldehydes is 1. The van der Waals surface area contributed by atoms with E-state index in [0.717, 1.165) is 6.29 Å². The highest BCUT2D eigenvalue weighted by atomic mass is 16.6. The number of rotatable bonds is 4. The van der Waals surface area contributed by atoms with E-state index >= 15 is 0 Å². The van der Waals surface area contributed by atoms with Crippen molar-refractivity contribution >= 4 is 12.4 Å². The molecule has 1 aromatic rings. The van der Waals surface area contributed by atoms with Gasteiger partial charge in [-0.25, -0.2) is 4.79 Å². The van der Waals surface area contributed by atoms with Crippen LogP contribution in [0.4, 0.5) is 4.79 Å². The van der Waals surface area contributed by atoms with Crippen molar-refractivity contribution in [3.63, 3.8) is 0 Å². The quantitative estimate of drug-likeness (QED) is 0.861. The zero-order chi connectivity index (χ0) is 15.3. The van der Waals surface area contributed by atoms with E-state index in [1.807, 2.05) is 0 Å². The molecule has 0 radical (unpaired) electrons. The Morgan fingerprint density at radius 2 is 2.10 bits per heavy atom. The van der Waals surface area contributed by atoms with E-state index in [1.165, 1.54) is 17.0 Å². The molecule has 0 aliphatic rings. The Bertz CT molecular complexity index is 479. The fourth-order valence-electron chi connectivity index (χ4n) is 1.80. The third kappa shape index (κ3) is 4.57. The Hall–Kier alpha value is -2.04. The molecule has 5 heteroatoms. The zero-order valence-corrected chi connectivity index (χ0v) is 12.3. The van der Waals surface area contributed by atoms with Crippen molar-refractivity contribution in [2.45, 2.75) is 38.8 Å². The summed E-state index contributed by atoms with van der Waals surface area (Å²) in [6, 6.07) is 6.04. The molecule has 1 atom stereocenters. The van der Waals surface area contributed by atoms with Crippen LogP contribution in [0.3, 0.4) is 0 Å². The topological polar surface area (TPSA) is 66.8 Å². The van der Waals surface area contributed by atoms with Gasteiger partial charge in [-0.2, -0.15) is 0 Å². The van der Waals surface area contributed by atoms with Crippen LogP contribution in [0.15, 0.2) is 24.3 Å². The van der Waals surface area contributed by atoms with Gasteiger partial charge in [0.1, 0.15) is 17.6 Å². The lowest BCUT2D eigenvalue weighted by Gasteiger charge is -2.30. The van der Waals surface area contributed by atoms with E-state index in [1.54, 1.807) is 40.0 Å². The van der Waals surface area contributed by atoms with Crippen molar-refractivity contribution in [1.82, 2.24) is 4.90 Å². The van der Waals surface area contributed by atoms with Gasteiger partial charge in [0.25, 0.3) is 0 Å². The van der Waals surface area contributed by atoms with Crippen LogP contribution in [0.5, 0.6) is 5.75 Å². The minimum atomic E-state index is -0.601. The highest BCUT2D eigenvalue weighted by Crippen LogP contribution is 2.26. The number of nitrogens with zero attached hydrogens (tertiary/aromatic N) is 1. The molecule has 20 heavy (non-hydrogen) atoms. The summed E-state index contributed by atoms with van der Waals surface area (Å²) in [5.74, 6) is 0.0935. The fourth-order valence-corrected chi connectivity index (χ4v) is 1.80. The molecular formula is C15H21NO4. The SMILES string of the molecule is CN(C(=O)OC(C)(C)C)C(CC=O)c1cccc(O)c1. The molecule has 0 aliphatic heterocycles. The highest BCUT2D eigenvalue weighted by Gasteiger charge is 2.26. The summed E-state index contributed by atoms with van der Waals surface area (Å²) >= 11 is 0. The van der Waals surface area contributed by atoms with Gasteiger partial charge in [0, 0.05) is 13.5 Å². The molecular weight excluding hydrogens is 258 g/mol. The van der Waals surface area contributed by atoms with Gasteiger partial charge in [0.2, 0.25) is 0 Å². The van der Waals surface area contributed by atoms with Crippen molar-refractivity contribution in [3.8, 4) is 5.75 Å². The minimum Gasteiger partial charge on any atom is -0.508 e. The highest BCUT2D eigenvalue weighted by molar-refractivity contribution is 5.69. The Labute approximate surface area is 119 Å². The maximum absolute atomic E-state index is 12.1. The van der Waals surface area contributed by atoms with Crippen molar-refractivity contribution < 1.29 is 19.4 Å². The summed E-state index contributed by atoms with van der Waals surface area (Å²) in [5, 5.41) is 9.51. The molecule has 1 aromatic carbocycles. The standard InChI is InChI=1S/C15H21NO4/c1-15(2,3)20-14(19)16(4)13(8-9-17)11-6-5-7-12(18)10-11/h5-7,9-10,13,18H,8H2,1-4H3. The van der Waals surface area contributed by atoms with Gasteiger partial charge in [-0.1, -0.05) is 12.1 Å². The molecule has 0 aromatic heterocycles. The van der Waals surface area contributed by atoms with E-state index < -0.39 is 17.7 Å². The molecule has 0 aliphatic carbocycles. The molecule has 1 unspecified atom stereocenters. The normalized spacial score (nSPS) is 12.6. The van der Waals surface area contributed by atoms with Gasteiger partial charge in [-0.3, -0.25) is 0 Å². The first-order valence-electron chi connectivity index (χ1n) is 6.43. The molecule has 0 saturated heterocycles. The average Bonchev–Trinajstić information content (AvgIpc) is 2.33. The number of ether oxygens (including phenoxy) is 1. The molecule has 1 rings (SSSR count). The van der Waals surface area contributed by atoms with Crippen LogP contribution in [0, 0.1) is 0 Å². The zero-order valence-electron chi connectivity index (χ0n) is 12.3. The van der Waals surface area contributed by atoms with Gasteiger partial charge < -0.3 is 19.5 Å². The summed E-state index contributed by atoms with van der Waals surface area (Å²) in [7, 11) is 1.58. The van der Waals surface area contributed by atoms with Gasteiger partial charge >= 0.3 is 6.09 Å². The van der Waals surface area contributed by atoms with Gasteiger partial charge in [0.15, 0.2) is 0 Å². The number of amides is 1. The number of hydrogen-bond donors (Lipinski definition) is 1. The molecule has 1 N–H and O–H groups in total. The Morgan fingerprint density at radius 1 is 1.45 bits per heavy atom. The first-order valence-corrected chi connectivity index (χ1v) is 6.43. The number of benzene rings is 1. The maximum atomic E-state index is 12.1. The van der Waals surface area contributed by atoms with Crippen LogP contribution in [0.25, 0.3) is 0 Å². The first-order chi connectivity index (χ1) is 9.24. The number of hydrogen-bond acceptors (Lipinski definition) is 4. The van der Waals surface area contributed by atoms with Crippen molar-refractivity contribution in [1.29, 1.82) is 0 Å². The third-order valence-corrected chi connectivity index (χ3v) is 2.72. The molecule has 0 spiro atoms. The summed E-state index contributed by atoms with van der Waals surface area (Å²) in [4.78, 5) is 24.3. The fraction of sp³-hybridized carbons (Fsp3) is 0.467. The number of phenols is 1. The first kappa shape index (κ1) is 16.0. The smallest absolute Gasteiger partial charge is 0.410 e. The monoisotopic (exact) mass is 279 g/mol. The number of carbonyl (C=O) groups excluding carboxylic acids is 2. The molecule has 0 bridgehead atoms. The summed E-state index contributed by atoms with van der Waals surface area (Å²) < 4.78 is 5.29. The molecule has 0 fully saturated rings. The molecule has 1 amide bonds. The molecule has 0 heterocycles.